The molecule has 0 aliphatic heterocycles. The maximum atomic E-state index is 11.4. The molecule has 7 rings (SSSR count). The molecule has 44 heavy (non-hydrogen) atoms. The molecule has 1 aliphatic carbocycles. The molecule has 0 aromatic heterocycles. The molecule has 0 radical (unpaired) electrons. The van der Waals surface area contributed by atoms with Gasteiger partial charge < -0.3 is 10.2 Å². The lowest BCUT2D eigenvalue weighted by molar-refractivity contribution is 0.478. The van der Waals surface area contributed by atoms with Crippen molar-refractivity contribution in [1.29, 1.82) is 0 Å². The van der Waals surface area contributed by atoms with Gasteiger partial charge in [-0.25, -0.2) is 0 Å². The highest BCUT2D eigenvalue weighted by molar-refractivity contribution is 5.87. The minimum atomic E-state index is 0.311. The summed E-state index contributed by atoms with van der Waals surface area (Å²) in [7, 11) is 0. The molecule has 214 valence electrons. The highest BCUT2D eigenvalue weighted by Gasteiger charge is 2.23. The molecule has 0 spiro atoms. The van der Waals surface area contributed by atoms with Crippen molar-refractivity contribution in [3.05, 3.63) is 163 Å². The standard InChI is InChI=1S/C42H34O2/c43-41-37(31-13-5-1-6-14-31)25-35(26-38(41)32-15-7-2-8-16-32)29-21-23-30(24-22-29)36-27-39(33-17-9-3-10-18-33)42(44)40(28-36)34-19-11-4-12-20-34/h1-21,25-28,30,43-44H,22-24H2. The largest absolute Gasteiger partial charge is 0.507 e. The van der Waals surface area contributed by atoms with Crippen LogP contribution >= 0.6 is 0 Å². The molecule has 1 atom stereocenters. The summed E-state index contributed by atoms with van der Waals surface area (Å²) in [4.78, 5) is 0. The monoisotopic (exact) mass is 570 g/mol. The third-order valence-corrected chi connectivity index (χ3v) is 8.83. The summed E-state index contributed by atoms with van der Waals surface area (Å²) in [5.74, 6) is 0.971. The van der Waals surface area contributed by atoms with E-state index in [1.807, 2.05) is 72.8 Å². The van der Waals surface area contributed by atoms with E-state index in [1.165, 1.54) is 11.1 Å². The molecule has 0 heterocycles. The number of phenols is 2. The summed E-state index contributed by atoms with van der Waals surface area (Å²) in [6, 6.07) is 49.3. The van der Waals surface area contributed by atoms with Gasteiger partial charge in [0.2, 0.25) is 0 Å². The van der Waals surface area contributed by atoms with Gasteiger partial charge in [0.05, 0.1) is 0 Å². The van der Waals surface area contributed by atoms with E-state index in [9.17, 15) is 10.2 Å². The SMILES string of the molecule is Oc1c(-c2ccccc2)cc(C2=CCC(c3cc(-c4ccccc4)c(O)c(-c4ccccc4)c3)CC2)cc1-c1ccccc1. The van der Waals surface area contributed by atoms with E-state index in [0.717, 1.165) is 69.3 Å². The van der Waals surface area contributed by atoms with E-state index < -0.39 is 0 Å². The first-order valence-corrected chi connectivity index (χ1v) is 15.3. The number of hydrogen-bond acceptors (Lipinski definition) is 2. The van der Waals surface area contributed by atoms with Crippen molar-refractivity contribution in [3.63, 3.8) is 0 Å². The van der Waals surface area contributed by atoms with Gasteiger partial charge in [0.1, 0.15) is 11.5 Å². The summed E-state index contributed by atoms with van der Waals surface area (Å²) in [5.41, 5.74) is 11.2. The van der Waals surface area contributed by atoms with Gasteiger partial charge in [-0.2, -0.15) is 0 Å². The topological polar surface area (TPSA) is 40.5 Å². The molecule has 0 fully saturated rings. The van der Waals surface area contributed by atoms with Crippen LogP contribution in [0.25, 0.3) is 50.1 Å². The second kappa shape index (κ2) is 12.1. The van der Waals surface area contributed by atoms with E-state index >= 15 is 0 Å². The quantitative estimate of drug-likeness (QED) is 0.209. The molecule has 0 saturated carbocycles. The summed E-state index contributed by atoms with van der Waals surface area (Å²) >= 11 is 0. The first kappa shape index (κ1) is 27.5. The van der Waals surface area contributed by atoms with Crippen molar-refractivity contribution >= 4 is 5.57 Å². The third kappa shape index (κ3) is 5.43. The van der Waals surface area contributed by atoms with E-state index in [2.05, 4.69) is 78.9 Å². The van der Waals surface area contributed by atoms with Crippen LogP contribution in [0, 0.1) is 0 Å². The average molecular weight is 571 g/mol. The van der Waals surface area contributed by atoms with Crippen molar-refractivity contribution in [2.75, 3.05) is 0 Å². The van der Waals surface area contributed by atoms with E-state index in [1.54, 1.807) is 0 Å². The van der Waals surface area contributed by atoms with Crippen molar-refractivity contribution < 1.29 is 10.2 Å². The zero-order valence-electron chi connectivity index (χ0n) is 24.5. The highest BCUT2D eigenvalue weighted by atomic mass is 16.3. The second-order valence-electron chi connectivity index (χ2n) is 11.5. The zero-order valence-corrected chi connectivity index (χ0v) is 24.5. The Labute approximate surface area is 259 Å². The van der Waals surface area contributed by atoms with Crippen molar-refractivity contribution in [2.24, 2.45) is 0 Å². The Balaban J connectivity index is 1.27. The fraction of sp³-hybridized carbons (Fsp3) is 0.0952. The number of allylic oxidation sites excluding steroid dienone is 2. The predicted molar refractivity (Wildman–Crippen MR) is 183 cm³/mol. The number of phenolic OH excluding ortho intramolecular Hbond substituents is 2. The van der Waals surface area contributed by atoms with Crippen LogP contribution in [0.4, 0.5) is 0 Å². The highest BCUT2D eigenvalue weighted by Crippen LogP contribution is 2.46. The molecule has 2 heteroatoms. The summed E-state index contributed by atoms with van der Waals surface area (Å²) < 4.78 is 0. The summed E-state index contributed by atoms with van der Waals surface area (Å²) in [6.07, 6.45) is 5.22. The smallest absolute Gasteiger partial charge is 0.131 e. The molecular weight excluding hydrogens is 536 g/mol. The maximum absolute atomic E-state index is 11.4. The molecular formula is C42H34O2. The van der Waals surface area contributed by atoms with Crippen LogP contribution in [-0.2, 0) is 0 Å². The lowest BCUT2D eigenvalue weighted by Crippen LogP contribution is -2.05. The third-order valence-electron chi connectivity index (χ3n) is 8.83. The Morgan fingerprint density at radius 1 is 0.432 bits per heavy atom. The van der Waals surface area contributed by atoms with Gasteiger partial charge in [-0.15, -0.1) is 0 Å². The van der Waals surface area contributed by atoms with Crippen LogP contribution in [0.15, 0.2) is 152 Å². The molecule has 2 nitrogen and oxygen atoms in total. The first-order chi connectivity index (χ1) is 21.7. The van der Waals surface area contributed by atoms with Crippen LogP contribution in [0.2, 0.25) is 0 Å². The molecule has 0 amide bonds. The minimum absolute atomic E-state index is 0.311. The van der Waals surface area contributed by atoms with E-state index in [-0.39, 0.29) is 0 Å². The Hall–Kier alpha value is -5.34. The normalized spacial score (nSPS) is 14.6. The lowest BCUT2D eigenvalue weighted by atomic mass is 9.80. The molecule has 0 bridgehead atoms. The van der Waals surface area contributed by atoms with Crippen molar-refractivity contribution in [1.82, 2.24) is 0 Å². The van der Waals surface area contributed by atoms with Gasteiger partial charge in [0.25, 0.3) is 0 Å². The van der Waals surface area contributed by atoms with Crippen molar-refractivity contribution in [3.8, 4) is 56.0 Å². The average Bonchev–Trinajstić information content (AvgIpc) is 3.10. The van der Waals surface area contributed by atoms with Gasteiger partial charge in [0, 0.05) is 22.3 Å². The van der Waals surface area contributed by atoms with Crippen LogP contribution in [0.1, 0.15) is 36.3 Å². The van der Waals surface area contributed by atoms with E-state index in [0.29, 0.717) is 17.4 Å². The molecule has 6 aromatic rings. The zero-order chi connectivity index (χ0) is 29.9. The Bertz CT molecular complexity index is 1800. The Morgan fingerprint density at radius 2 is 0.795 bits per heavy atom. The van der Waals surface area contributed by atoms with Crippen LogP contribution in [0.5, 0.6) is 11.5 Å². The maximum Gasteiger partial charge on any atom is 0.131 e. The van der Waals surface area contributed by atoms with Gasteiger partial charge >= 0.3 is 0 Å². The first-order valence-electron chi connectivity index (χ1n) is 15.3. The summed E-state index contributed by atoms with van der Waals surface area (Å²) in [5, 5.41) is 22.9. The number of aromatic hydroxyl groups is 2. The molecule has 6 aromatic carbocycles. The predicted octanol–water partition coefficient (Wildman–Crippen LogP) is 11.1. The minimum Gasteiger partial charge on any atom is -0.507 e. The van der Waals surface area contributed by atoms with Crippen LogP contribution in [0.3, 0.4) is 0 Å². The number of hydrogen-bond donors (Lipinski definition) is 2. The molecule has 2 N–H and O–H groups in total. The Morgan fingerprint density at radius 3 is 1.14 bits per heavy atom. The van der Waals surface area contributed by atoms with E-state index in [4.69, 9.17) is 0 Å². The molecule has 1 unspecified atom stereocenters. The fourth-order valence-corrected chi connectivity index (χ4v) is 6.46. The summed E-state index contributed by atoms with van der Waals surface area (Å²) in [6.45, 7) is 0. The van der Waals surface area contributed by atoms with Gasteiger partial charge in [-0.1, -0.05) is 127 Å². The van der Waals surface area contributed by atoms with Gasteiger partial charge in [-0.05, 0) is 88.4 Å². The van der Waals surface area contributed by atoms with Gasteiger partial charge in [0.15, 0.2) is 0 Å². The van der Waals surface area contributed by atoms with Crippen LogP contribution < -0.4 is 0 Å². The number of benzene rings is 6. The molecule has 1 aliphatic rings. The number of rotatable bonds is 6. The molecule has 0 saturated heterocycles. The Kier molecular flexibility index (Phi) is 7.56. The van der Waals surface area contributed by atoms with Gasteiger partial charge in [-0.3, -0.25) is 0 Å². The lowest BCUT2D eigenvalue weighted by Gasteiger charge is -2.25. The fourth-order valence-electron chi connectivity index (χ4n) is 6.46. The second-order valence-corrected chi connectivity index (χ2v) is 11.5. The van der Waals surface area contributed by atoms with Crippen LogP contribution in [-0.4, -0.2) is 10.2 Å². The van der Waals surface area contributed by atoms with Crippen molar-refractivity contribution in [2.45, 2.75) is 25.2 Å².